The topological polar surface area (TPSA) is 38.5 Å². The third-order valence-corrected chi connectivity index (χ3v) is 2.80. The first-order chi connectivity index (χ1) is 8.21. The molecule has 0 aliphatic heterocycles. The molecule has 17 heavy (non-hydrogen) atoms. The van der Waals surface area contributed by atoms with Crippen LogP contribution in [0.2, 0.25) is 0 Å². The van der Waals surface area contributed by atoms with Crippen LogP contribution in [0, 0.1) is 5.82 Å². The quantitative estimate of drug-likeness (QED) is 0.789. The van der Waals surface area contributed by atoms with Gasteiger partial charge in [0.25, 0.3) is 0 Å². The fourth-order valence-electron chi connectivity index (χ4n) is 1.69. The molecule has 4 heteroatoms. The van der Waals surface area contributed by atoms with Gasteiger partial charge in [-0.25, -0.2) is 4.39 Å². The molecule has 0 amide bonds. The number of benzene rings is 1. The first-order valence-corrected chi connectivity index (χ1v) is 5.90. The molecular formula is C13H21FN2O. The maximum absolute atomic E-state index is 13.6. The molecular weight excluding hydrogens is 219 g/mol. The van der Waals surface area contributed by atoms with Crippen molar-refractivity contribution in [2.75, 3.05) is 26.8 Å². The zero-order valence-corrected chi connectivity index (χ0v) is 10.6. The van der Waals surface area contributed by atoms with E-state index in [0.29, 0.717) is 25.3 Å². The summed E-state index contributed by atoms with van der Waals surface area (Å²) in [6, 6.07) is 5.05. The number of halogens is 1. The van der Waals surface area contributed by atoms with Crippen LogP contribution >= 0.6 is 0 Å². The van der Waals surface area contributed by atoms with Gasteiger partial charge in [-0.05, 0) is 18.2 Å². The van der Waals surface area contributed by atoms with E-state index in [0.717, 1.165) is 18.7 Å². The summed E-state index contributed by atoms with van der Waals surface area (Å²) in [7, 11) is 1.67. The number of hydrogen-bond donors (Lipinski definition) is 1. The average molecular weight is 240 g/mol. The summed E-state index contributed by atoms with van der Waals surface area (Å²) >= 11 is 0. The number of rotatable bonds is 7. The van der Waals surface area contributed by atoms with Crippen molar-refractivity contribution >= 4 is 0 Å². The van der Waals surface area contributed by atoms with E-state index in [1.54, 1.807) is 13.2 Å². The van der Waals surface area contributed by atoms with Gasteiger partial charge in [0.1, 0.15) is 5.82 Å². The Morgan fingerprint density at radius 1 is 1.41 bits per heavy atom. The lowest BCUT2D eigenvalue weighted by atomic mass is 10.1. The molecule has 0 atom stereocenters. The average Bonchev–Trinajstić information content (AvgIpc) is 2.36. The number of nitrogens with zero attached hydrogens (tertiary/aromatic N) is 1. The molecule has 0 aliphatic rings. The molecule has 0 saturated heterocycles. The summed E-state index contributed by atoms with van der Waals surface area (Å²) in [5.41, 5.74) is 7.22. The second-order valence-corrected chi connectivity index (χ2v) is 3.99. The van der Waals surface area contributed by atoms with E-state index in [1.165, 1.54) is 6.07 Å². The zero-order valence-electron chi connectivity index (χ0n) is 10.6. The Kier molecular flexibility index (Phi) is 6.11. The monoisotopic (exact) mass is 240 g/mol. The van der Waals surface area contributed by atoms with Crippen LogP contribution in [0.3, 0.4) is 0 Å². The molecule has 96 valence electrons. The van der Waals surface area contributed by atoms with E-state index in [9.17, 15) is 4.39 Å². The van der Waals surface area contributed by atoms with Crippen molar-refractivity contribution in [2.24, 2.45) is 5.73 Å². The molecule has 0 fully saturated rings. The first-order valence-electron chi connectivity index (χ1n) is 5.90. The minimum Gasteiger partial charge on any atom is -0.383 e. The van der Waals surface area contributed by atoms with E-state index in [2.05, 4.69) is 11.8 Å². The van der Waals surface area contributed by atoms with Gasteiger partial charge in [0, 0.05) is 32.3 Å². The van der Waals surface area contributed by atoms with Crippen molar-refractivity contribution in [3.8, 4) is 0 Å². The van der Waals surface area contributed by atoms with Crippen molar-refractivity contribution in [3.05, 3.63) is 35.1 Å². The van der Waals surface area contributed by atoms with Crippen LogP contribution < -0.4 is 5.73 Å². The van der Waals surface area contributed by atoms with Crippen molar-refractivity contribution in [2.45, 2.75) is 20.0 Å². The summed E-state index contributed by atoms with van der Waals surface area (Å²) in [6.45, 7) is 5.43. The third-order valence-electron chi connectivity index (χ3n) is 2.80. The molecule has 1 rings (SSSR count). The van der Waals surface area contributed by atoms with E-state index in [-0.39, 0.29) is 5.82 Å². The molecule has 3 nitrogen and oxygen atoms in total. The van der Waals surface area contributed by atoms with Gasteiger partial charge in [0.2, 0.25) is 0 Å². The molecule has 2 N–H and O–H groups in total. The van der Waals surface area contributed by atoms with Crippen LogP contribution in [0.4, 0.5) is 4.39 Å². The third kappa shape index (κ3) is 4.42. The summed E-state index contributed by atoms with van der Waals surface area (Å²) < 4.78 is 18.7. The van der Waals surface area contributed by atoms with Crippen LogP contribution in [-0.4, -0.2) is 31.7 Å². The van der Waals surface area contributed by atoms with Gasteiger partial charge in [0.15, 0.2) is 0 Å². The number of ether oxygens (including phenoxy) is 1. The Bertz CT molecular complexity index is 344. The highest BCUT2D eigenvalue weighted by Crippen LogP contribution is 2.13. The summed E-state index contributed by atoms with van der Waals surface area (Å²) in [5, 5.41) is 0. The predicted octanol–water partition coefficient (Wildman–Crippen LogP) is 1.75. The lowest BCUT2D eigenvalue weighted by Crippen LogP contribution is -2.27. The lowest BCUT2D eigenvalue weighted by Gasteiger charge is -2.20. The Morgan fingerprint density at radius 2 is 2.18 bits per heavy atom. The van der Waals surface area contributed by atoms with Crippen molar-refractivity contribution in [1.29, 1.82) is 0 Å². The van der Waals surface area contributed by atoms with E-state index < -0.39 is 0 Å². The number of likely N-dealkylation sites (N-methyl/N-ethyl adjacent to an activating group) is 1. The summed E-state index contributed by atoms with van der Waals surface area (Å²) in [6.07, 6.45) is 0. The largest absolute Gasteiger partial charge is 0.383 e. The Balaban J connectivity index is 2.70. The smallest absolute Gasteiger partial charge is 0.127 e. The highest BCUT2D eigenvalue weighted by atomic mass is 19.1. The second-order valence-electron chi connectivity index (χ2n) is 3.99. The fourth-order valence-corrected chi connectivity index (χ4v) is 1.69. The van der Waals surface area contributed by atoms with Crippen molar-refractivity contribution in [3.63, 3.8) is 0 Å². The minimum absolute atomic E-state index is 0.168. The number of nitrogens with two attached hydrogens (primary N) is 1. The zero-order chi connectivity index (χ0) is 12.7. The molecule has 0 unspecified atom stereocenters. The molecule has 1 aromatic rings. The summed E-state index contributed by atoms with van der Waals surface area (Å²) in [4.78, 5) is 2.14. The van der Waals surface area contributed by atoms with Gasteiger partial charge in [-0.2, -0.15) is 0 Å². The molecule has 0 bridgehead atoms. The standard InChI is InChI=1S/C13H21FN2O/c1-3-16(6-7-17-2)10-12-8-11(9-15)4-5-13(12)14/h4-5,8H,3,6-7,9-10,15H2,1-2H3. The van der Waals surface area contributed by atoms with Crippen LogP contribution in [-0.2, 0) is 17.8 Å². The van der Waals surface area contributed by atoms with Gasteiger partial charge in [0.05, 0.1) is 6.61 Å². The molecule has 0 heterocycles. The lowest BCUT2D eigenvalue weighted by molar-refractivity contribution is 0.147. The second kappa shape index (κ2) is 7.37. The molecule has 0 aromatic heterocycles. The van der Waals surface area contributed by atoms with Gasteiger partial charge in [-0.15, -0.1) is 0 Å². The number of methoxy groups -OCH3 is 1. The minimum atomic E-state index is -0.168. The predicted molar refractivity (Wildman–Crippen MR) is 67.1 cm³/mol. The van der Waals surface area contributed by atoms with Crippen LogP contribution in [0.1, 0.15) is 18.1 Å². The maximum atomic E-state index is 13.6. The van der Waals surface area contributed by atoms with Crippen LogP contribution in [0.25, 0.3) is 0 Å². The summed E-state index contributed by atoms with van der Waals surface area (Å²) in [5.74, 6) is -0.168. The van der Waals surface area contributed by atoms with Gasteiger partial charge in [-0.1, -0.05) is 19.1 Å². The van der Waals surface area contributed by atoms with Crippen molar-refractivity contribution in [1.82, 2.24) is 4.90 Å². The van der Waals surface area contributed by atoms with Gasteiger partial charge >= 0.3 is 0 Å². The normalized spacial score (nSPS) is 11.1. The molecule has 0 aliphatic carbocycles. The van der Waals surface area contributed by atoms with Crippen LogP contribution in [0.5, 0.6) is 0 Å². The van der Waals surface area contributed by atoms with E-state index >= 15 is 0 Å². The van der Waals surface area contributed by atoms with Crippen molar-refractivity contribution < 1.29 is 9.13 Å². The van der Waals surface area contributed by atoms with Crippen LogP contribution in [0.15, 0.2) is 18.2 Å². The Morgan fingerprint density at radius 3 is 2.76 bits per heavy atom. The maximum Gasteiger partial charge on any atom is 0.127 e. The highest BCUT2D eigenvalue weighted by Gasteiger charge is 2.08. The molecule has 1 aromatic carbocycles. The number of hydrogen-bond acceptors (Lipinski definition) is 3. The Hall–Kier alpha value is -0.970. The molecule has 0 spiro atoms. The SMILES string of the molecule is CCN(CCOC)Cc1cc(CN)ccc1F. The Labute approximate surface area is 102 Å². The van der Waals surface area contributed by atoms with Gasteiger partial charge in [-0.3, -0.25) is 4.90 Å². The molecule has 0 radical (unpaired) electrons. The van der Waals surface area contributed by atoms with E-state index in [4.69, 9.17) is 10.5 Å². The van der Waals surface area contributed by atoms with E-state index in [1.807, 2.05) is 6.07 Å². The van der Waals surface area contributed by atoms with Gasteiger partial charge < -0.3 is 10.5 Å². The fraction of sp³-hybridized carbons (Fsp3) is 0.538. The molecule has 0 saturated carbocycles. The first kappa shape index (κ1) is 14.1. The highest BCUT2D eigenvalue weighted by molar-refractivity contribution is 5.25.